The van der Waals surface area contributed by atoms with Crippen molar-refractivity contribution in [3.63, 3.8) is 0 Å². The van der Waals surface area contributed by atoms with Gasteiger partial charge in [0.15, 0.2) is 11.5 Å². The summed E-state index contributed by atoms with van der Waals surface area (Å²) in [6, 6.07) is 15.7. The largest absolute Gasteiger partial charge is 0.493 e. The van der Waals surface area contributed by atoms with E-state index < -0.39 is 0 Å². The number of benzene rings is 2. The van der Waals surface area contributed by atoms with Crippen LogP contribution >= 0.6 is 11.3 Å². The zero-order chi connectivity index (χ0) is 17.5. The first-order valence-electron chi connectivity index (χ1n) is 7.91. The highest BCUT2D eigenvalue weighted by atomic mass is 32.1. The minimum absolute atomic E-state index is 0.596. The summed E-state index contributed by atoms with van der Waals surface area (Å²) in [4.78, 5) is 4.53. The van der Waals surface area contributed by atoms with Crippen LogP contribution in [0.3, 0.4) is 0 Å². The Morgan fingerprint density at radius 3 is 2.76 bits per heavy atom. The first-order chi connectivity index (χ1) is 12.3. The Balaban J connectivity index is 1.66. The third-order valence-corrected chi connectivity index (χ3v) is 4.18. The number of ether oxygens (including phenoxy) is 2. The molecule has 0 aliphatic rings. The standard InChI is InChI=1S/C19H19N3O2S/c1-3-24-17-10-9-14(11-18(17)23-2)12-20-22-19-21-16(13-25-19)15-7-5-4-6-8-15/h4-13H,3H2,1-2H3,(H,21,22)/b20-12-. The minimum Gasteiger partial charge on any atom is -0.493 e. The van der Waals surface area contributed by atoms with Crippen LogP contribution in [-0.4, -0.2) is 24.9 Å². The fourth-order valence-electron chi connectivity index (χ4n) is 2.27. The number of methoxy groups -OCH3 is 1. The molecule has 5 nitrogen and oxygen atoms in total. The average molecular weight is 353 g/mol. The summed E-state index contributed by atoms with van der Waals surface area (Å²) >= 11 is 1.52. The van der Waals surface area contributed by atoms with E-state index in [1.165, 1.54) is 11.3 Å². The predicted octanol–water partition coefficient (Wildman–Crippen LogP) is 4.66. The monoisotopic (exact) mass is 353 g/mol. The van der Waals surface area contributed by atoms with E-state index in [0.29, 0.717) is 12.4 Å². The molecule has 0 unspecified atom stereocenters. The van der Waals surface area contributed by atoms with Crippen LogP contribution < -0.4 is 14.9 Å². The van der Waals surface area contributed by atoms with Crippen molar-refractivity contribution < 1.29 is 9.47 Å². The highest BCUT2D eigenvalue weighted by Gasteiger charge is 2.05. The normalized spacial score (nSPS) is 10.8. The Bertz CT molecular complexity index is 847. The van der Waals surface area contributed by atoms with Crippen LogP contribution in [0.25, 0.3) is 11.3 Å². The van der Waals surface area contributed by atoms with E-state index in [4.69, 9.17) is 9.47 Å². The maximum absolute atomic E-state index is 5.51. The second kappa shape index (κ2) is 8.30. The van der Waals surface area contributed by atoms with Crippen molar-refractivity contribution in [1.82, 2.24) is 4.98 Å². The molecule has 1 aromatic heterocycles. The Morgan fingerprint density at radius 2 is 2.00 bits per heavy atom. The van der Waals surface area contributed by atoms with Gasteiger partial charge in [-0.15, -0.1) is 11.3 Å². The van der Waals surface area contributed by atoms with Crippen molar-refractivity contribution in [2.75, 3.05) is 19.1 Å². The average Bonchev–Trinajstić information content (AvgIpc) is 3.13. The van der Waals surface area contributed by atoms with Crippen LogP contribution in [0, 0.1) is 0 Å². The molecule has 128 valence electrons. The van der Waals surface area contributed by atoms with Crippen LogP contribution in [0.2, 0.25) is 0 Å². The van der Waals surface area contributed by atoms with Gasteiger partial charge in [0.1, 0.15) is 0 Å². The molecule has 0 aliphatic heterocycles. The van der Waals surface area contributed by atoms with Gasteiger partial charge in [0.2, 0.25) is 5.13 Å². The number of hydrogen-bond acceptors (Lipinski definition) is 6. The molecule has 0 spiro atoms. The molecule has 1 N–H and O–H groups in total. The van der Waals surface area contributed by atoms with Gasteiger partial charge in [-0.1, -0.05) is 30.3 Å². The van der Waals surface area contributed by atoms with Gasteiger partial charge in [0.05, 0.1) is 25.6 Å². The number of rotatable bonds is 7. The van der Waals surface area contributed by atoms with E-state index in [1.54, 1.807) is 13.3 Å². The van der Waals surface area contributed by atoms with E-state index in [1.807, 2.05) is 60.8 Å². The zero-order valence-electron chi connectivity index (χ0n) is 14.1. The third-order valence-electron chi connectivity index (χ3n) is 3.44. The second-order valence-corrected chi connectivity index (χ2v) is 5.98. The van der Waals surface area contributed by atoms with E-state index in [0.717, 1.165) is 27.7 Å². The molecular formula is C19H19N3O2S. The van der Waals surface area contributed by atoms with Crippen molar-refractivity contribution in [2.24, 2.45) is 5.10 Å². The first kappa shape index (κ1) is 17.0. The molecule has 6 heteroatoms. The number of aromatic nitrogens is 1. The molecule has 0 aliphatic carbocycles. The van der Waals surface area contributed by atoms with Crippen molar-refractivity contribution in [3.8, 4) is 22.8 Å². The Kier molecular flexibility index (Phi) is 5.64. The SMILES string of the molecule is CCOc1ccc(/C=N\Nc2nc(-c3ccccc3)cs2)cc1OC. The highest BCUT2D eigenvalue weighted by molar-refractivity contribution is 7.14. The summed E-state index contributed by atoms with van der Waals surface area (Å²) in [7, 11) is 1.62. The molecule has 25 heavy (non-hydrogen) atoms. The molecule has 3 aromatic rings. The van der Waals surface area contributed by atoms with Gasteiger partial charge < -0.3 is 9.47 Å². The van der Waals surface area contributed by atoms with Crippen LogP contribution in [-0.2, 0) is 0 Å². The molecule has 0 radical (unpaired) electrons. The molecule has 0 bridgehead atoms. The van der Waals surface area contributed by atoms with Crippen LogP contribution in [0.1, 0.15) is 12.5 Å². The summed E-state index contributed by atoms with van der Waals surface area (Å²) in [6.07, 6.45) is 1.72. The number of thiazole rings is 1. The number of hydrogen-bond donors (Lipinski definition) is 1. The molecule has 0 saturated heterocycles. The summed E-state index contributed by atoms with van der Waals surface area (Å²) in [5, 5.41) is 7.00. The summed E-state index contributed by atoms with van der Waals surface area (Å²) in [6.45, 7) is 2.54. The molecule has 2 aromatic carbocycles. The first-order valence-corrected chi connectivity index (χ1v) is 8.79. The quantitative estimate of drug-likeness (QED) is 0.496. The second-order valence-electron chi connectivity index (χ2n) is 5.12. The summed E-state index contributed by atoms with van der Waals surface area (Å²) in [5.41, 5.74) is 5.90. The lowest BCUT2D eigenvalue weighted by Crippen LogP contribution is -1.96. The molecule has 0 fully saturated rings. The van der Waals surface area contributed by atoms with Gasteiger partial charge in [0.25, 0.3) is 0 Å². The summed E-state index contributed by atoms with van der Waals surface area (Å²) < 4.78 is 10.8. The fourth-order valence-corrected chi connectivity index (χ4v) is 2.94. The molecule has 3 rings (SSSR count). The van der Waals surface area contributed by atoms with E-state index in [9.17, 15) is 0 Å². The number of hydrazone groups is 1. The lowest BCUT2D eigenvalue weighted by atomic mass is 10.2. The predicted molar refractivity (Wildman–Crippen MR) is 103 cm³/mol. The highest BCUT2D eigenvalue weighted by Crippen LogP contribution is 2.28. The van der Waals surface area contributed by atoms with E-state index >= 15 is 0 Å². The topological polar surface area (TPSA) is 55.7 Å². The summed E-state index contributed by atoms with van der Waals surface area (Å²) in [5.74, 6) is 1.41. The Hall–Kier alpha value is -2.86. The molecule has 0 saturated carbocycles. The third kappa shape index (κ3) is 4.36. The van der Waals surface area contributed by atoms with Gasteiger partial charge in [0, 0.05) is 10.9 Å². The molecular weight excluding hydrogens is 334 g/mol. The smallest absolute Gasteiger partial charge is 0.203 e. The van der Waals surface area contributed by atoms with Gasteiger partial charge in [-0.2, -0.15) is 5.10 Å². The maximum atomic E-state index is 5.51. The van der Waals surface area contributed by atoms with Crippen molar-refractivity contribution in [3.05, 3.63) is 59.5 Å². The lowest BCUT2D eigenvalue weighted by Gasteiger charge is -2.09. The van der Waals surface area contributed by atoms with Crippen LogP contribution in [0.4, 0.5) is 5.13 Å². The van der Waals surface area contributed by atoms with Crippen molar-refractivity contribution in [2.45, 2.75) is 6.92 Å². The van der Waals surface area contributed by atoms with E-state index in [-0.39, 0.29) is 0 Å². The number of anilines is 1. The van der Waals surface area contributed by atoms with Gasteiger partial charge in [-0.25, -0.2) is 4.98 Å². The van der Waals surface area contributed by atoms with Crippen molar-refractivity contribution >= 4 is 22.7 Å². The van der Waals surface area contributed by atoms with Gasteiger partial charge in [-0.3, -0.25) is 5.43 Å². The number of nitrogens with one attached hydrogen (secondary N) is 1. The molecule has 1 heterocycles. The van der Waals surface area contributed by atoms with Gasteiger partial charge in [-0.05, 0) is 30.7 Å². The Morgan fingerprint density at radius 1 is 1.16 bits per heavy atom. The van der Waals surface area contributed by atoms with Crippen LogP contribution in [0.5, 0.6) is 11.5 Å². The minimum atomic E-state index is 0.596. The molecule has 0 amide bonds. The molecule has 0 atom stereocenters. The lowest BCUT2D eigenvalue weighted by molar-refractivity contribution is 0.311. The zero-order valence-corrected chi connectivity index (χ0v) is 14.9. The van der Waals surface area contributed by atoms with Gasteiger partial charge >= 0.3 is 0 Å². The van der Waals surface area contributed by atoms with E-state index in [2.05, 4.69) is 15.5 Å². The van der Waals surface area contributed by atoms with Crippen LogP contribution in [0.15, 0.2) is 59.0 Å². The maximum Gasteiger partial charge on any atom is 0.203 e. The Labute approximate surface area is 151 Å². The fraction of sp³-hybridized carbons (Fsp3) is 0.158. The van der Waals surface area contributed by atoms with Crippen molar-refractivity contribution in [1.29, 1.82) is 0 Å². The number of nitrogens with zero attached hydrogens (tertiary/aromatic N) is 2.